The van der Waals surface area contributed by atoms with E-state index in [4.69, 9.17) is 23.2 Å². The highest BCUT2D eigenvalue weighted by atomic mass is 35.5. The SMILES string of the molecule is O=[N+]1N([O-])C2(Cl)CCC1(Cl)CC2. The fourth-order valence-corrected chi connectivity index (χ4v) is 2.24. The molecule has 1 saturated carbocycles. The van der Waals surface area contributed by atoms with Crippen LogP contribution in [0, 0.1) is 10.1 Å². The fraction of sp³-hybridized carbons (Fsp3) is 1.00. The molecule has 3 rings (SSSR count). The van der Waals surface area contributed by atoms with Crippen molar-refractivity contribution in [3.8, 4) is 0 Å². The normalized spacial score (nSPS) is 46.9. The third-order valence-electron chi connectivity index (χ3n) is 2.63. The lowest BCUT2D eigenvalue weighted by molar-refractivity contribution is -0.768. The standard InChI is InChI=1S/C6H8Cl2N2O2/c7-5-1-2-6(8,4-3-5)10(12)9(5)11/h1-4H2. The quantitative estimate of drug-likeness (QED) is 0.349. The number of fused-ring (bicyclic) bond motifs is 3. The summed E-state index contributed by atoms with van der Waals surface area (Å²) >= 11 is 11.8. The number of hydrogen-bond donors (Lipinski definition) is 0. The summed E-state index contributed by atoms with van der Waals surface area (Å²) in [6, 6.07) is 0. The van der Waals surface area contributed by atoms with Crippen LogP contribution in [0.3, 0.4) is 0 Å². The van der Waals surface area contributed by atoms with E-state index in [1.807, 2.05) is 0 Å². The molecule has 0 spiro atoms. The van der Waals surface area contributed by atoms with E-state index in [1.165, 1.54) is 0 Å². The zero-order valence-corrected chi connectivity index (χ0v) is 7.81. The zero-order chi connectivity index (χ0) is 8.98. The van der Waals surface area contributed by atoms with E-state index < -0.39 is 10.00 Å². The van der Waals surface area contributed by atoms with Crippen molar-refractivity contribution in [2.75, 3.05) is 0 Å². The summed E-state index contributed by atoms with van der Waals surface area (Å²) in [5.41, 5.74) is 0. The topological polar surface area (TPSA) is 46.4 Å². The van der Waals surface area contributed by atoms with Gasteiger partial charge in [-0.3, -0.25) is 0 Å². The summed E-state index contributed by atoms with van der Waals surface area (Å²) < 4.78 is 0. The van der Waals surface area contributed by atoms with Gasteiger partial charge in [0.25, 0.3) is 0 Å². The van der Waals surface area contributed by atoms with Gasteiger partial charge in [-0.05, 0) is 24.4 Å². The average molecular weight is 211 g/mol. The van der Waals surface area contributed by atoms with Crippen molar-refractivity contribution in [1.82, 2.24) is 5.17 Å². The van der Waals surface area contributed by atoms with Crippen LogP contribution < -0.4 is 0 Å². The minimum atomic E-state index is -1.03. The molecule has 1 aliphatic carbocycles. The number of halogens is 2. The number of hydrogen-bond acceptors (Lipinski definition) is 2. The molecule has 0 unspecified atom stereocenters. The van der Waals surface area contributed by atoms with Gasteiger partial charge in [0, 0.05) is 12.8 Å². The highest BCUT2D eigenvalue weighted by molar-refractivity contribution is 6.25. The number of nitroso groups, excluding NO2 is 1. The molecular weight excluding hydrogens is 203 g/mol. The maximum absolute atomic E-state index is 11.2. The number of rotatable bonds is 0. The molecule has 0 atom stereocenters. The van der Waals surface area contributed by atoms with Crippen molar-refractivity contribution in [3.05, 3.63) is 10.1 Å². The molecule has 3 fully saturated rings. The largest absolute Gasteiger partial charge is 0.703 e. The van der Waals surface area contributed by atoms with Gasteiger partial charge in [-0.15, -0.1) is 0 Å². The third-order valence-corrected chi connectivity index (χ3v) is 3.68. The first-order chi connectivity index (χ1) is 5.48. The first kappa shape index (κ1) is 8.53. The molecule has 0 N–H and O–H groups in total. The van der Waals surface area contributed by atoms with E-state index in [9.17, 15) is 10.1 Å². The van der Waals surface area contributed by atoms with Gasteiger partial charge in [0.2, 0.25) is 0 Å². The Labute approximate surface area is 79.5 Å². The van der Waals surface area contributed by atoms with Gasteiger partial charge in [-0.1, -0.05) is 11.6 Å². The predicted octanol–water partition coefficient (Wildman–Crippen LogP) is 1.94. The zero-order valence-electron chi connectivity index (χ0n) is 6.30. The summed E-state index contributed by atoms with van der Waals surface area (Å²) in [4.78, 5) is 9.44. The third kappa shape index (κ3) is 0.886. The summed E-state index contributed by atoms with van der Waals surface area (Å²) in [5, 5.41) is 11.5. The van der Waals surface area contributed by atoms with Crippen molar-refractivity contribution in [2.45, 2.75) is 35.7 Å². The summed E-state index contributed by atoms with van der Waals surface area (Å²) in [6.45, 7) is 0. The Kier molecular flexibility index (Phi) is 1.60. The van der Waals surface area contributed by atoms with Crippen LogP contribution in [0.1, 0.15) is 25.7 Å². The Morgan fingerprint density at radius 1 is 1.25 bits per heavy atom. The maximum atomic E-state index is 11.2. The molecule has 2 saturated heterocycles. The second-order valence-corrected chi connectivity index (χ2v) is 4.79. The van der Waals surface area contributed by atoms with Gasteiger partial charge in [0.05, 0.1) is 4.91 Å². The molecule has 0 aromatic carbocycles. The first-order valence-electron chi connectivity index (χ1n) is 3.80. The molecule has 4 nitrogen and oxygen atoms in total. The smallest absolute Gasteiger partial charge is 0.315 e. The second-order valence-electron chi connectivity index (χ2n) is 3.38. The van der Waals surface area contributed by atoms with Crippen LogP contribution in [0.15, 0.2) is 0 Å². The average Bonchev–Trinajstić information content (AvgIpc) is 2.06. The minimum absolute atomic E-state index is 0.272. The highest BCUT2D eigenvalue weighted by Gasteiger charge is 2.61. The fourth-order valence-electron chi connectivity index (χ4n) is 1.72. The predicted molar refractivity (Wildman–Crippen MR) is 44.5 cm³/mol. The maximum Gasteiger partial charge on any atom is 0.315 e. The Hall–Kier alpha value is -0.0600. The molecule has 3 aliphatic rings. The highest BCUT2D eigenvalue weighted by Crippen LogP contribution is 2.50. The van der Waals surface area contributed by atoms with Crippen molar-refractivity contribution >= 4 is 23.2 Å². The molecular formula is C6H8Cl2N2O2. The molecule has 2 heterocycles. The van der Waals surface area contributed by atoms with Gasteiger partial charge in [-0.2, -0.15) is 5.17 Å². The number of hydrazine groups is 1. The molecule has 2 aliphatic heterocycles. The molecule has 6 heteroatoms. The van der Waals surface area contributed by atoms with Crippen LogP contribution in [0.5, 0.6) is 0 Å². The monoisotopic (exact) mass is 210 g/mol. The molecule has 0 radical (unpaired) electrons. The van der Waals surface area contributed by atoms with Gasteiger partial charge in [0.1, 0.15) is 4.87 Å². The first-order valence-corrected chi connectivity index (χ1v) is 4.56. The van der Waals surface area contributed by atoms with Crippen LogP contribution >= 0.6 is 23.2 Å². The Morgan fingerprint density at radius 3 is 2.17 bits per heavy atom. The number of nitrogens with zero attached hydrogens (tertiary/aromatic N) is 2. The van der Waals surface area contributed by atoms with Crippen LogP contribution in [0.4, 0.5) is 0 Å². The van der Waals surface area contributed by atoms with Gasteiger partial charge in [0.15, 0.2) is 5.00 Å². The van der Waals surface area contributed by atoms with Gasteiger partial charge >= 0.3 is 5.00 Å². The molecule has 68 valence electrons. The lowest BCUT2D eigenvalue weighted by atomic mass is 9.88. The molecule has 2 bridgehead atoms. The van der Waals surface area contributed by atoms with E-state index in [2.05, 4.69) is 0 Å². The minimum Gasteiger partial charge on any atom is -0.703 e. The summed E-state index contributed by atoms with van der Waals surface area (Å²) in [7, 11) is 0. The van der Waals surface area contributed by atoms with Gasteiger partial charge < -0.3 is 5.21 Å². The summed E-state index contributed by atoms with van der Waals surface area (Å²) in [6.07, 6.45) is 1.95. The van der Waals surface area contributed by atoms with E-state index in [1.54, 1.807) is 0 Å². The molecule has 0 aromatic heterocycles. The van der Waals surface area contributed by atoms with E-state index in [0.717, 1.165) is 0 Å². The van der Waals surface area contributed by atoms with Crippen LogP contribution in [0.25, 0.3) is 0 Å². The number of hydroxylamine groups is 1. The van der Waals surface area contributed by atoms with E-state index in [-0.39, 0.29) is 10.0 Å². The van der Waals surface area contributed by atoms with Crippen molar-refractivity contribution < 1.29 is 4.87 Å². The van der Waals surface area contributed by atoms with Crippen LogP contribution in [0.2, 0.25) is 0 Å². The van der Waals surface area contributed by atoms with Crippen molar-refractivity contribution in [1.29, 1.82) is 0 Å². The van der Waals surface area contributed by atoms with Crippen LogP contribution in [-0.4, -0.2) is 20.0 Å². The summed E-state index contributed by atoms with van der Waals surface area (Å²) in [5.74, 6) is 0. The van der Waals surface area contributed by atoms with Crippen molar-refractivity contribution in [2.24, 2.45) is 0 Å². The van der Waals surface area contributed by atoms with Gasteiger partial charge in [-0.25, -0.2) is 0 Å². The molecule has 0 aromatic rings. The molecule has 0 amide bonds. The van der Waals surface area contributed by atoms with E-state index in [0.29, 0.717) is 25.7 Å². The lowest BCUT2D eigenvalue weighted by Crippen LogP contribution is -2.62. The second kappa shape index (κ2) is 2.25. The Morgan fingerprint density at radius 2 is 1.75 bits per heavy atom. The molecule has 12 heavy (non-hydrogen) atoms. The Balaban J connectivity index is 2.37. The Bertz CT molecular complexity index is 238. The van der Waals surface area contributed by atoms with Crippen LogP contribution in [-0.2, 0) is 0 Å². The van der Waals surface area contributed by atoms with E-state index >= 15 is 0 Å². The number of alkyl halides is 2. The van der Waals surface area contributed by atoms with Crippen molar-refractivity contribution in [3.63, 3.8) is 0 Å². The lowest BCUT2D eigenvalue weighted by Gasteiger charge is -2.48.